The van der Waals surface area contributed by atoms with Crippen LogP contribution in [0.4, 0.5) is 4.39 Å². The summed E-state index contributed by atoms with van der Waals surface area (Å²) in [5.41, 5.74) is 8.43. The first-order valence-electron chi connectivity index (χ1n) is 9.76. The molecule has 2 aromatic heterocycles. The molecule has 0 radical (unpaired) electrons. The van der Waals surface area contributed by atoms with E-state index in [2.05, 4.69) is 20.9 Å². The second kappa shape index (κ2) is 8.13. The highest BCUT2D eigenvalue weighted by molar-refractivity contribution is 5.98. The number of benzene rings is 1. The zero-order chi connectivity index (χ0) is 21.3. The molecule has 0 atom stereocenters. The van der Waals surface area contributed by atoms with E-state index in [1.54, 1.807) is 6.07 Å². The SMILES string of the molecule is COc1ccc(F)cc1-c1c(C#N)cnc2[nH]c(C3CCN(CC(N)=O)CC3)cc12. The lowest BCUT2D eigenvalue weighted by Gasteiger charge is -2.30. The molecule has 3 heterocycles. The Kier molecular flexibility index (Phi) is 5.38. The third-order valence-electron chi connectivity index (χ3n) is 5.64. The second-order valence-electron chi connectivity index (χ2n) is 7.51. The molecule has 0 bridgehead atoms. The minimum atomic E-state index is -0.405. The van der Waals surface area contributed by atoms with Crippen LogP contribution in [0.3, 0.4) is 0 Å². The lowest BCUT2D eigenvalue weighted by atomic mass is 9.92. The number of aromatic amines is 1. The number of carbonyl (C=O) groups excluding carboxylic acids is 1. The number of piperidine rings is 1. The van der Waals surface area contributed by atoms with Gasteiger partial charge in [0, 0.05) is 34.3 Å². The maximum Gasteiger partial charge on any atom is 0.231 e. The summed E-state index contributed by atoms with van der Waals surface area (Å²) in [7, 11) is 1.52. The molecule has 0 aliphatic carbocycles. The number of methoxy groups -OCH3 is 1. The van der Waals surface area contributed by atoms with E-state index in [0.29, 0.717) is 28.1 Å². The van der Waals surface area contributed by atoms with Gasteiger partial charge in [0.25, 0.3) is 0 Å². The molecule has 7 nitrogen and oxygen atoms in total. The number of H-pyrrole nitrogens is 1. The van der Waals surface area contributed by atoms with Crippen molar-refractivity contribution in [1.29, 1.82) is 5.26 Å². The summed E-state index contributed by atoms with van der Waals surface area (Å²) in [5, 5.41) is 10.4. The van der Waals surface area contributed by atoms with Crippen molar-refractivity contribution in [2.75, 3.05) is 26.7 Å². The van der Waals surface area contributed by atoms with Crippen LogP contribution in [0.1, 0.15) is 30.0 Å². The number of hydrogen-bond donors (Lipinski definition) is 2. The Morgan fingerprint density at radius 1 is 1.40 bits per heavy atom. The molecule has 1 aromatic carbocycles. The Morgan fingerprint density at radius 3 is 2.83 bits per heavy atom. The van der Waals surface area contributed by atoms with Crippen molar-refractivity contribution in [2.24, 2.45) is 5.73 Å². The molecule has 0 saturated carbocycles. The molecule has 4 rings (SSSR count). The van der Waals surface area contributed by atoms with Crippen molar-refractivity contribution >= 4 is 16.9 Å². The Labute approximate surface area is 173 Å². The molecule has 154 valence electrons. The summed E-state index contributed by atoms with van der Waals surface area (Å²) in [6.45, 7) is 1.84. The van der Waals surface area contributed by atoms with Gasteiger partial charge in [-0.05, 0) is 50.2 Å². The number of likely N-dealkylation sites (tertiary alicyclic amines) is 1. The highest BCUT2D eigenvalue weighted by Gasteiger charge is 2.24. The number of amides is 1. The van der Waals surface area contributed by atoms with Crippen LogP contribution in [0, 0.1) is 17.1 Å². The van der Waals surface area contributed by atoms with E-state index < -0.39 is 5.82 Å². The largest absolute Gasteiger partial charge is 0.496 e. The normalized spacial score (nSPS) is 15.2. The Morgan fingerprint density at radius 2 is 2.17 bits per heavy atom. The average Bonchev–Trinajstić information content (AvgIpc) is 3.17. The fourth-order valence-electron chi connectivity index (χ4n) is 4.19. The van der Waals surface area contributed by atoms with Gasteiger partial charge in [-0.15, -0.1) is 0 Å². The van der Waals surface area contributed by atoms with Crippen LogP contribution in [0.2, 0.25) is 0 Å². The second-order valence-corrected chi connectivity index (χ2v) is 7.51. The van der Waals surface area contributed by atoms with E-state index in [-0.39, 0.29) is 18.4 Å². The van der Waals surface area contributed by atoms with Crippen LogP contribution in [-0.2, 0) is 4.79 Å². The maximum absolute atomic E-state index is 14.0. The van der Waals surface area contributed by atoms with E-state index in [4.69, 9.17) is 10.5 Å². The van der Waals surface area contributed by atoms with Crippen LogP contribution in [0.5, 0.6) is 5.75 Å². The summed E-state index contributed by atoms with van der Waals surface area (Å²) >= 11 is 0. The highest BCUT2D eigenvalue weighted by atomic mass is 19.1. The van der Waals surface area contributed by atoms with Crippen molar-refractivity contribution in [3.63, 3.8) is 0 Å². The van der Waals surface area contributed by atoms with Gasteiger partial charge in [-0.2, -0.15) is 5.26 Å². The molecule has 3 aromatic rings. The Bertz CT molecular complexity index is 1140. The summed E-state index contributed by atoms with van der Waals surface area (Å²) in [6.07, 6.45) is 3.26. The van der Waals surface area contributed by atoms with Crippen LogP contribution >= 0.6 is 0 Å². The van der Waals surface area contributed by atoms with E-state index in [0.717, 1.165) is 37.0 Å². The van der Waals surface area contributed by atoms with Crippen molar-refractivity contribution in [3.8, 4) is 22.9 Å². The van der Waals surface area contributed by atoms with Gasteiger partial charge in [-0.3, -0.25) is 9.69 Å². The van der Waals surface area contributed by atoms with Crippen LogP contribution in [-0.4, -0.2) is 47.5 Å². The van der Waals surface area contributed by atoms with Gasteiger partial charge in [0.2, 0.25) is 5.91 Å². The molecular formula is C22H22FN5O2. The van der Waals surface area contributed by atoms with E-state index in [9.17, 15) is 14.4 Å². The standard InChI is InChI=1S/C22H22FN5O2/c1-30-19-3-2-15(23)8-16(19)21-14(10-24)11-26-22-17(21)9-18(27-22)13-4-6-28(7-5-13)12-20(25)29/h2-3,8-9,11,13H,4-7,12H2,1H3,(H2,25,29)(H,26,27). The molecule has 1 aliphatic heterocycles. The third kappa shape index (κ3) is 3.72. The number of aromatic nitrogens is 2. The molecule has 0 spiro atoms. The molecule has 30 heavy (non-hydrogen) atoms. The fourth-order valence-corrected chi connectivity index (χ4v) is 4.19. The van der Waals surface area contributed by atoms with Crippen LogP contribution in [0.15, 0.2) is 30.5 Å². The summed E-state index contributed by atoms with van der Waals surface area (Å²) < 4.78 is 19.4. The first-order chi connectivity index (χ1) is 14.5. The van der Waals surface area contributed by atoms with Gasteiger partial charge in [-0.1, -0.05) is 0 Å². The fraction of sp³-hybridized carbons (Fsp3) is 0.318. The van der Waals surface area contributed by atoms with Crippen molar-refractivity contribution in [3.05, 3.63) is 47.5 Å². The number of halogens is 1. The number of carbonyl (C=O) groups is 1. The zero-order valence-corrected chi connectivity index (χ0v) is 16.6. The average molecular weight is 407 g/mol. The van der Waals surface area contributed by atoms with E-state index >= 15 is 0 Å². The number of nitriles is 1. The highest BCUT2D eigenvalue weighted by Crippen LogP contribution is 2.39. The molecular weight excluding hydrogens is 385 g/mol. The molecule has 0 unspecified atom stereocenters. The number of primary amides is 1. The third-order valence-corrected chi connectivity index (χ3v) is 5.64. The lowest BCUT2D eigenvalue weighted by molar-refractivity contribution is -0.119. The molecule has 1 saturated heterocycles. The monoisotopic (exact) mass is 407 g/mol. The number of rotatable bonds is 5. The van der Waals surface area contributed by atoms with E-state index in [1.165, 1.54) is 25.4 Å². The van der Waals surface area contributed by atoms with Crippen molar-refractivity contribution in [2.45, 2.75) is 18.8 Å². The number of hydrogen-bond acceptors (Lipinski definition) is 5. The topological polar surface area (TPSA) is 108 Å². The number of pyridine rings is 1. The Hall–Kier alpha value is -3.44. The molecule has 8 heteroatoms. The predicted molar refractivity (Wildman–Crippen MR) is 110 cm³/mol. The number of nitrogens with one attached hydrogen (secondary N) is 1. The van der Waals surface area contributed by atoms with Gasteiger partial charge >= 0.3 is 0 Å². The lowest BCUT2D eigenvalue weighted by Crippen LogP contribution is -2.39. The smallest absolute Gasteiger partial charge is 0.231 e. The number of nitrogens with two attached hydrogens (primary N) is 1. The van der Waals surface area contributed by atoms with Gasteiger partial charge in [0.1, 0.15) is 23.3 Å². The first kappa shape index (κ1) is 19.9. The minimum absolute atomic E-state index is 0.274. The molecule has 1 aliphatic rings. The minimum Gasteiger partial charge on any atom is -0.496 e. The first-order valence-corrected chi connectivity index (χ1v) is 9.76. The molecule has 1 fully saturated rings. The quantitative estimate of drug-likeness (QED) is 0.676. The molecule has 3 N–H and O–H groups in total. The summed E-state index contributed by atoms with van der Waals surface area (Å²) in [4.78, 5) is 21.0. The number of nitrogens with zero attached hydrogens (tertiary/aromatic N) is 3. The van der Waals surface area contributed by atoms with Gasteiger partial charge in [-0.25, -0.2) is 9.37 Å². The van der Waals surface area contributed by atoms with E-state index in [1.807, 2.05) is 6.07 Å². The zero-order valence-electron chi connectivity index (χ0n) is 16.6. The number of fused-ring (bicyclic) bond motifs is 1. The van der Waals surface area contributed by atoms with Gasteiger partial charge in [0.05, 0.1) is 19.2 Å². The van der Waals surface area contributed by atoms with Crippen molar-refractivity contribution < 1.29 is 13.9 Å². The van der Waals surface area contributed by atoms with Gasteiger partial charge < -0.3 is 15.5 Å². The molecule has 1 amide bonds. The predicted octanol–water partition coefficient (Wildman–Crippen LogP) is 2.91. The van der Waals surface area contributed by atoms with Crippen molar-refractivity contribution in [1.82, 2.24) is 14.9 Å². The number of ether oxygens (including phenoxy) is 1. The van der Waals surface area contributed by atoms with Crippen LogP contribution in [0.25, 0.3) is 22.2 Å². The van der Waals surface area contributed by atoms with Gasteiger partial charge in [0.15, 0.2) is 0 Å². The summed E-state index contributed by atoms with van der Waals surface area (Å²) in [6, 6.07) is 8.42. The summed E-state index contributed by atoms with van der Waals surface area (Å²) in [5.74, 6) is 0.0391. The Balaban J connectivity index is 1.74. The van der Waals surface area contributed by atoms with Crippen LogP contribution < -0.4 is 10.5 Å². The maximum atomic E-state index is 14.0.